The highest BCUT2D eigenvalue weighted by atomic mass is 16.5. The van der Waals surface area contributed by atoms with Crippen LogP contribution in [0.2, 0.25) is 0 Å². The first-order valence-electron chi connectivity index (χ1n) is 10.8. The molecule has 3 aliphatic heterocycles. The van der Waals surface area contributed by atoms with Gasteiger partial charge in [-0.05, 0) is 50.0 Å². The Kier molecular flexibility index (Phi) is 4.12. The molecule has 6 atom stereocenters. The summed E-state index contributed by atoms with van der Waals surface area (Å²) < 4.78 is 5.13. The van der Waals surface area contributed by atoms with Crippen LogP contribution in [0.3, 0.4) is 0 Å². The molecule has 6 nitrogen and oxygen atoms in total. The Morgan fingerprint density at radius 3 is 2.76 bits per heavy atom. The number of allylic oxidation sites excluding steroid dienone is 2. The van der Waals surface area contributed by atoms with E-state index in [2.05, 4.69) is 0 Å². The number of esters is 1. The molecule has 1 amide bonds. The van der Waals surface area contributed by atoms with Crippen molar-refractivity contribution >= 4 is 17.7 Å². The third kappa shape index (κ3) is 2.18. The number of aliphatic hydroxyl groups excluding tert-OH is 1. The highest BCUT2D eigenvalue weighted by molar-refractivity contribution is 5.96. The van der Waals surface area contributed by atoms with Crippen LogP contribution in [0, 0.1) is 34.5 Å². The maximum Gasteiger partial charge on any atom is 0.309 e. The van der Waals surface area contributed by atoms with Crippen LogP contribution in [-0.4, -0.2) is 54.5 Å². The molecule has 4 bridgehead atoms. The minimum absolute atomic E-state index is 0.00158. The Balaban J connectivity index is 1.79. The molecule has 3 aliphatic carbocycles. The molecule has 1 N–H and O–H groups in total. The highest BCUT2D eigenvalue weighted by Crippen LogP contribution is 2.70. The molecule has 6 rings (SSSR count). The third-order valence-electron chi connectivity index (χ3n) is 8.68. The first kappa shape index (κ1) is 19.0. The molecule has 0 radical (unpaired) electrons. The van der Waals surface area contributed by atoms with E-state index in [0.29, 0.717) is 19.5 Å². The molecule has 1 saturated heterocycles. The minimum Gasteiger partial charge on any atom is -0.469 e. The lowest BCUT2D eigenvalue weighted by Crippen LogP contribution is -2.64. The predicted octanol–water partition coefficient (Wildman–Crippen LogP) is 1.88. The number of rotatable bonds is 2. The molecule has 0 unspecified atom stereocenters. The summed E-state index contributed by atoms with van der Waals surface area (Å²) >= 11 is 0. The fraction of sp³-hybridized carbons (Fsp3) is 0.696. The number of aliphatic hydroxyl groups is 1. The summed E-state index contributed by atoms with van der Waals surface area (Å²) in [6.07, 6.45) is 7.43. The van der Waals surface area contributed by atoms with Crippen molar-refractivity contribution in [3.8, 4) is 0 Å². The van der Waals surface area contributed by atoms with Crippen LogP contribution in [0.1, 0.15) is 39.0 Å². The van der Waals surface area contributed by atoms with Crippen molar-refractivity contribution in [2.45, 2.75) is 39.0 Å². The van der Waals surface area contributed by atoms with Gasteiger partial charge in [-0.2, -0.15) is 0 Å². The van der Waals surface area contributed by atoms with Crippen LogP contribution < -0.4 is 0 Å². The number of hydrogen-bond acceptors (Lipinski definition) is 5. The van der Waals surface area contributed by atoms with Crippen molar-refractivity contribution < 1.29 is 24.2 Å². The predicted molar refractivity (Wildman–Crippen MR) is 104 cm³/mol. The average Bonchev–Trinajstić information content (AvgIpc) is 3.28. The summed E-state index contributed by atoms with van der Waals surface area (Å²) in [7, 11) is 1.41. The quantitative estimate of drug-likeness (QED) is 0.566. The fourth-order valence-corrected chi connectivity index (χ4v) is 7.37. The second kappa shape index (κ2) is 6.27. The number of methoxy groups -OCH3 is 1. The smallest absolute Gasteiger partial charge is 0.309 e. The van der Waals surface area contributed by atoms with Crippen molar-refractivity contribution in [3.05, 3.63) is 23.3 Å². The van der Waals surface area contributed by atoms with Crippen molar-refractivity contribution in [3.63, 3.8) is 0 Å². The van der Waals surface area contributed by atoms with Gasteiger partial charge in [0.05, 0.1) is 25.0 Å². The lowest BCUT2D eigenvalue weighted by molar-refractivity contribution is -0.164. The SMILES string of the molecule is COC(=O)[C@@H]1C[C@@]23C(=O)N4C[C@@H](CCC5=C2[C@@H]1CC5)[C@]3(CO)/C=C\C(=O)[C@H](C)C4. The molecule has 6 heteroatoms. The van der Waals surface area contributed by atoms with Crippen LogP contribution >= 0.6 is 0 Å². The second-order valence-electron chi connectivity index (χ2n) is 9.68. The highest BCUT2D eigenvalue weighted by Gasteiger charge is 2.72. The van der Waals surface area contributed by atoms with Gasteiger partial charge in [0.15, 0.2) is 5.78 Å². The van der Waals surface area contributed by atoms with Gasteiger partial charge in [-0.15, -0.1) is 0 Å². The van der Waals surface area contributed by atoms with Gasteiger partial charge in [0.25, 0.3) is 0 Å². The lowest BCUT2D eigenvalue weighted by atomic mass is 9.52. The molecule has 156 valence electrons. The topological polar surface area (TPSA) is 83.9 Å². The van der Waals surface area contributed by atoms with Gasteiger partial charge in [-0.25, -0.2) is 0 Å². The minimum atomic E-state index is -0.933. The number of piperidine rings is 1. The molecule has 1 spiro atoms. The van der Waals surface area contributed by atoms with Crippen molar-refractivity contribution in [2.24, 2.45) is 34.5 Å². The Bertz CT molecular complexity index is 859. The molecular formula is C23H29NO5. The monoisotopic (exact) mass is 399 g/mol. The number of amides is 1. The standard InChI is InChI=1S/C23H29NO5/c1-13-10-24-11-15-5-3-14-4-6-16-17(20(27)29-2)9-23(19(14)16,21(24)28)22(15,12-25)8-7-18(13)26/h7-8,13,15-17,25H,3-6,9-12H2,1-2H3/b8-7-/t13-,15-,16-,17-,22-,23+/m1/s1. The van der Waals surface area contributed by atoms with E-state index >= 15 is 0 Å². The Labute approximate surface area is 171 Å². The number of carbonyl (C=O) groups is 3. The van der Waals surface area contributed by atoms with Gasteiger partial charge >= 0.3 is 5.97 Å². The maximum absolute atomic E-state index is 14.2. The normalized spacial score (nSPS) is 44.2. The van der Waals surface area contributed by atoms with E-state index in [0.717, 1.165) is 31.3 Å². The van der Waals surface area contributed by atoms with Crippen LogP contribution in [-0.2, 0) is 19.1 Å². The van der Waals surface area contributed by atoms with Gasteiger partial charge < -0.3 is 14.7 Å². The summed E-state index contributed by atoms with van der Waals surface area (Å²) in [6.45, 7) is 2.64. The largest absolute Gasteiger partial charge is 0.469 e. The molecule has 1 saturated carbocycles. The zero-order valence-electron chi connectivity index (χ0n) is 17.1. The van der Waals surface area contributed by atoms with E-state index in [9.17, 15) is 19.5 Å². The number of nitrogens with zero attached hydrogens (tertiary/aromatic N) is 1. The number of ketones is 1. The van der Waals surface area contributed by atoms with Gasteiger partial charge in [0.2, 0.25) is 5.91 Å². The zero-order valence-corrected chi connectivity index (χ0v) is 17.1. The van der Waals surface area contributed by atoms with E-state index in [4.69, 9.17) is 4.74 Å². The van der Waals surface area contributed by atoms with Crippen molar-refractivity contribution in [2.75, 3.05) is 26.8 Å². The number of carbonyl (C=O) groups excluding carboxylic acids is 3. The maximum atomic E-state index is 14.2. The van der Waals surface area contributed by atoms with Gasteiger partial charge in [-0.1, -0.05) is 24.1 Å². The van der Waals surface area contributed by atoms with E-state index in [1.54, 1.807) is 6.08 Å². The molecule has 2 fully saturated rings. The molecule has 0 aromatic rings. The Morgan fingerprint density at radius 2 is 2.03 bits per heavy atom. The lowest BCUT2D eigenvalue weighted by Gasteiger charge is -2.56. The van der Waals surface area contributed by atoms with Gasteiger partial charge in [0, 0.05) is 24.4 Å². The van der Waals surface area contributed by atoms with Crippen LogP contribution in [0.15, 0.2) is 23.3 Å². The fourth-order valence-electron chi connectivity index (χ4n) is 7.37. The van der Waals surface area contributed by atoms with Crippen LogP contribution in [0.5, 0.6) is 0 Å². The average molecular weight is 399 g/mol. The van der Waals surface area contributed by atoms with Gasteiger partial charge in [-0.3, -0.25) is 14.4 Å². The first-order valence-corrected chi connectivity index (χ1v) is 10.8. The van der Waals surface area contributed by atoms with E-state index < -0.39 is 10.8 Å². The van der Waals surface area contributed by atoms with E-state index in [1.807, 2.05) is 17.9 Å². The van der Waals surface area contributed by atoms with E-state index in [-0.39, 0.29) is 47.9 Å². The first-order chi connectivity index (χ1) is 13.9. The summed E-state index contributed by atoms with van der Waals surface area (Å²) in [6, 6.07) is 0. The second-order valence-corrected chi connectivity index (χ2v) is 9.68. The third-order valence-corrected chi connectivity index (χ3v) is 8.68. The van der Waals surface area contributed by atoms with Crippen molar-refractivity contribution in [1.82, 2.24) is 4.90 Å². The summed E-state index contributed by atoms with van der Waals surface area (Å²) in [4.78, 5) is 41.4. The van der Waals surface area contributed by atoms with Crippen molar-refractivity contribution in [1.29, 1.82) is 0 Å². The number of ether oxygens (including phenoxy) is 1. The van der Waals surface area contributed by atoms with E-state index in [1.165, 1.54) is 12.7 Å². The zero-order chi connectivity index (χ0) is 20.6. The summed E-state index contributed by atoms with van der Waals surface area (Å²) in [5.41, 5.74) is 0.648. The van der Waals surface area contributed by atoms with Gasteiger partial charge in [0.1, 0.15) is 0 Å². The number of fused-ring (bicyclic) bond motifs is 3. The molecule has 0 aromatic carbocycles. The Hall–Kier alpha value is -1.95. The number of hydrogen-bond donors (Lipinski definition) is 1. The summed E-state index contributed by atoms with van der Waals surface area (Å²) in [5, 5.41) is 10.8. The summed E-state index contributed by atoms with van der Waals surface area (Å²) in [5.74, 6) is -0.812. The molecule has 0 aromatic heterocycles. The molecule has 3 heterocycles. The van der Waals surface area contributed by atoms with Crippen LogP contribution in [0.4, 0.5) is 0 Å². The molecule has 6 aliphatic rings. The van der Waals surface area contributed by atoms with Crippen LogP contribution in [0.25, 0.3) is 0 Å². The molecule has 29 heavy (non-hydrogen) atoms. The Morgan fingerprint density at radius 1 is 1.28 bits per heavy atom. The molecular weight excluding hydrogens is 370 g/mol.